The predicted octanol–water partition coefficient (Wildman–Crippen LogP) is 3.14. The molecule has 0 saturated heterocycles. The molecule has 0 bridgehead atoms. The number of para-hydroxylation sites is 1. The minimum Gasteiger partial charge on any atom is -0.491 e. The average Bonchev–Trinajstić information content (AvgIpc) is 3.15. The van der Waals surface area contributed by atoms with Crippen molar-refractivity contribution in [1.82, 2.24) is 14.5 Å². The Morgan fingerprint density at radius 2 is 2.04 bits per heavy atom. The lowest BCUT2D eigenvalue weighted by Gasteiger charge is -2.16. The van der Waals surface area contributed by atoms with E-state index in [1.54, 1.807) is 12.5 Å². The maximum absolute atomic E-state index is 8.34. The third kappa shape index (κ3) is 4.74. The molecule has 27 heavy (non-hydrogen) atoms. The number of nitrogens with two attached hydrogens (primary N) is 1. The number of hydrogen-bond donors (Lipinski definition) is 2. The Labute approximate surface area is 159 Å². The van der Waals surface area contributed by atoms with Crippen molar-refractivity contribution >= 4 is 11.4 Å². The van der Waals surface area contributed by atoms with Crippen molar-refractivity contribution in [2.75, 3.05) is 33.0 Å². The van der Waals surface area contributed by atoms with E-state index >= 15 is 0 Å². The van der Waals surface area contributed by atoms with Gasteiger partial charge in [-0.15, -0.1) is 0 Å². The summed E-state index contributed by atoms with van der Waals surface area (Å²) in [5.41, 5.74) is 9.96. The van der Waals surface area contributed by atoms with Crippen molar-refractivity contribution in [3.63, 3.8) is 0 Å². The molecule has 3 N–H and O–H groups in total. The maximum atomic E-state index is 8.34. The lowest BCUT2D eigenvalue weighted by atomic mass is 9.98. The van der Waals surface area contributed by atoms with Crippen molar-refractivity contribution in [3.8, 4) is 16.9 Å². The van der Waals surface area contributed by atoms with E-state index in [-0.39, 0.29) is 0 Å². The molecule has 0 unspecified atom stereocenters. The highest BCUT2D eigenvalue weighted by molar-refractivity contribution is 6.05. The third-order valence-electron chi connectivity index (χ3n) is 4.22. The summed E-state index contributed by atoms with van der Waals surface area (Å²) < 4.78 is 8.00. The zero-order valence-corrected chi connectivity index (χ0v) is 15.7. The van der Waals surface area contributed by atoms with Gasteiger partial charge in [0.2, 0.25) is 0 Å². The van der Waals surface area contributed by atoms with Gasteiger partial charge in [0.25, 0.3) is 0 Å². The first-order chi connectivity index (χ1) is 13.0. The summed E-state index contributed by atoms with van der Waals surface area (Å²) in [6.45, 7) is 1.82. The Hall–Kier alpha value is -3.12. The molecule has 0 aliphatic carbocycles. The molecule has 1 heterocycles. The van der Waals surface area contributed by atoms with Crippen LogP contribution in [-0.4, -0.2) is 47.4 Å². The molecular weight excluding hydrogens is 338 g/mol. The lowest BCUT2D eigenvalue weighted by Crippen LogP contribution is -2.22. The number of likely N-dealkylation sites (N-methyl/N-ethyl adjacent to an activating group) is 1. The Morgan fingerprint density at radius 3 is 2.78 bits per heavy atom. The van der Waals surface area contributed by atoms with E-state index in [1.807, 2.05) is 72.2 Å². The van der Waals surface area contributed by atoms with E-state index < -0.39 is 0 Å². The van der Waals surface area contributed by atoms with E-state index in [0.29, 0.717) is 24.6 Å². The van der Waals surface area contributed by atoms with Crippen molar-refractivity contribution < 1.29 is 4.74 Å². The molecule has 2 aromatic carbocycles. The molecule has 6 nitrogen and oxygen atoms in total. The quantitative estimate of drug-likeness (QED) is 0.476. The topological polar surface area (TPSA) is 80.2 Å². The monoisotopic (exact) mass is 363 g/mol. The number of ether oxygens (including phenoxy) is 1. The van der Waals surface area contributed by atoms with Crippen LogP contribution in [0.5, 0.6) is 5.75 Å². The third-order valence-corrected chi connectivity index (χ3v) is 4.22. The van der Waals surface area contributed by atoms with Crippen LogP contribution < -0.4 is 10.5 Å². The smallest absolute Gasteiger partial charge is 0.127 e. The highest BCUT2D eigenvalue weighted by Gasteiger charge is 2.12. The number of anilines is 1. The zero-order valence-electron chi connectivity index (χ0n) is 15.7. The summed E-state index contributed by atoms with van der Waals surface area (Å²) in [7, 11) is 3.88. The molecule has 3 rings (SSSR count). The fourth-order valence-corrected chi connectivity index (χ4v) is 2.90. The summed E-state index contributed by atoms with van der Waals surface area (Å²) in [4.78, 5) is 6.00. The van der Waals surface area contributed by atoms with Gasteiger partial charge in [0, 0.05) is 35.8 Å². The van der Waals surface area contributed by atoms with Gasteiger partial charge in [-0.2, -0.15) is 0 Å². The molecule has 0 fully saturated rings. The zero-order chi connectivity index (χ0) is 19.2. The number of nitrogens with zero attached hydrogens (tertiary/aromatic N) is 3. The van der Waals surface area contributed by atoms with Gasteiger partial charge < -0.3 is 25.3 Å². The number of rotatable bonds is 8. The van der Waals surface area contributed by atoms with Crippen molar-refractivity contribution in [2.45, 2.75) is 6.54 Å². The average molecular weight is 363 g/mol. The molecule has 6 heteroatoms. The Kier molecular flexibility index (Phi) is 5.88. The molecule has 3 aromatic rings. The molecule has 0 radical (unpaired) electrons. The fourth-order valence-electron chi connectivity index (χ4n) is 2.90. The second-order valence-corrected chi connectivity index (χ2v) is 6.66. The molecule has 140 valence electrons. The molecule has 0 amide bonds. The summed E-state index contributed by atoms with van der Waals surface area (Å²) in [6, 6.07) is 13.7. The van der Waals surface area contributed by atoms with Crippen LogP contribution in [-0.2, 0) is 6.54 Å². The van der Waals surface area contributed by atoms with Crippen LogP contribution in [0.3, 0.4) is 0 Å². The number of nitrogens with one attached hydrogen (secondary N) is 1. The molecule has 0 atom stereocenters. The fraction of sp³-hybridized carbons (Fsp3) is 0.238. The van der Waals surface area contributed by atoms with Gasteiger partial charge >= 0.3 is 0 Å². The van der Waals surface area contributed by atoms with Crippen LogP contribution in [0.2, 0.25) is 0 Å². The van der Waals surface area contributed by atoms with Gasteiger partial charge in [0.1, 0.15) is 12.4 Å². The van der Waals surface area contributed by atoms with Crippen molar-refractivity contribution in [2.24, 2.45) is 0 Å². The first kappa shape index (κ1) is 18.7. The predicted molar refractivity (Wildman–Crippen MR) is 109 cm³/mol. The van der Waals surface area contributed by atoms with Gasteiger partial charge in [0.15, 0.2) is 0 Å². The van der Waals surface area contributed by atoms with Crippen LogP contribution in [0.15, 0.2) is 61.2 Å². The molecule has 0 spiro atoms. The number of aromatic nitrogens is 2. The largest absolute Gasteiger partial charge is 0.491 e. The van der Waals surface area contributed by atoms with Crippen molar-refractivity contribution in [1.29, 1.82) is 5.41 Å². The summed E-state index contributed by atoms with van der Waals surface area (Å²) in [6.07, 6.45) is 5.45. The van der Waals surface area contributed by atoms with E-state index in [0.717, 1.165) is 29.0 Å². The molecule has 0 aliphatic rings. The number of imidazole rings is 1. The summed E-state index contributed by atoms with van der Waals surface area (Å²) in [5, 5.41) is 8.34. The molecule has 0 aliphatic heterocycles. The highest BCUT2D eigenvalue weighted by atomic mass is 16.5. The minimum atomic E-state index is 0.498. The van der Waals surface area contributed by atoms with Crippen molar-refractivity contribution in [3.05, 3.63) is 66.7 Å². The molecule has 0 saturated carbocycles. The lowest BCUT2D eigenvalue weighted by molar-refractivity contribution is 0.299. The van der Waals surface area contributed by atoms with Crippen LogP contribution in [0, 0.1) is 5.41 Å². The van der Waals surface area contributed by atoms with Gasteiger partial charge in [-0.05, 0) is 37.9 Å². The van der Waals surface area contributed by atoms with Crippen LogP contribution in [0.1, 0.15) is 5.56 Å². The van der Waals surface area contributed by atoms with Gasteiger partial charge in [0.05, 0.1) is 18.6 Å². The molecular formula is C21H25N5O. The van der Waals surface area contributed by atoms with E-state index in [2.05, 4.69) is 4.98 Å². The first-order valence-corrected chi connectivity index (χ1v) is 8.84. The van der Waals surface area contributed by atoms with E-state index in [1.165, 1.54) is 0 Å². The SMILES string of the molecule is CN(C)CC(=N)c1cc(-c2ccccc2OCCn2ccnc2)ccc1N. The maximum Gasteiger partial charge on any atom is 0.127 e. The number of nitrogen functional groups attached to an aromatic ring is 1. The summed E-state index contributed by atoms with van der Waals surface area (Å²) in [5.74, 6) is 0.812. The summed E-state index contributed by atoms with van der Waals surface area (Å²) >= 11 is 0. The van der Waals surface area contributed by atoms with Gasteiger partial charge in [-0.25, -0.2) is 4.98 Å². The Bertz CT molecular complexity index is 903. The van der Waals surface area contributed by atoms with Crippen LogP contribution >= 0.6 is 0 Å². The standard InChI is InChI=1S/C21H25N5O/c1-25(2)14-20(23)18-13-16(7-8-19(18)22)17-5-3-4-6-21(17)27-12-11-26-10-9-24-15-26/h3-10,13,15,23H,11-12,14,22H2,1-2H3. The highest BCUT2D eigenvalue weighted by Crippen LogP contribution is 2.32. The van der Waals surface area contributed by atoms with Gasteiger partial charge in [-0.3, -0.25) is 0 Å². The Morgan fingerprint density at radius 1 is 1.22 bits per heavy atom. The van der Waals surface area contributed by atoms with E-state index in [9.17, 15) is 0 Å². The molecule has 1 aromatic heterocycles. The van der Waals surface area contributed by atoms with Crippen LogP contribution in [0.4, 0.5) is 5.69 Å². The first-order valence-electron chi connectivity index (χ1n) is 8.84. The number of hydrogen-bond acceptors (Lipinski definition) is 5. The van der Waals surface area contributed by atoms with E-state index in [4.69, 9.17) is 15.9 Å². The number of benzene rings is 2. The second kappa shape index (κ2) is 8.51. The Balaban J connectivity index is 1.82. The normalized spacial score (nSPS) is 10.9. The van der Waals surface area contributed by atoms with Crippen LogP contribution in [0.25, 0.3) is 11.1 Å². The van der Waals surface area contributed by atoms with Gasteiger partial charge in [-0.1, -0.05) is 24.3 Å². The second-order valence-electron chi connectivity index (χ2n) is 6.66. The minimum absolute atomic E-state index is 0.498.